The molecule has 2 rings (SSSR count). The Morgan fingerprint density at radius 3 is 3.11 bits per heavy atom. The fourth-order valence-corrected chi connectivity index (χ4v) is 2.59. The van der Waals surface area contributed by atoms with Crippen LogP contribution in [0.5, 0.6) is 0 Å². The fraction of sp³-hybridized carbons (Fsp3) is 0.500. The summed E-state index contributed by atoms with van der Waals surface area (Å²) in [4.78, 5) is 13.8. The first-order valence-electron chi connectivity index (χ1n) is 6.39. The normalized spacial score (nSPS) is 19.5. The SMILES string of the molecule is C[C@@H]1CN(C(=O)CCc2cc(Br)ccc2F)CCO1. The lowest BCUT2D eigenvalue weighted by atomic mass is 10.1. The van der Waals surface area contributed by atoms with Crippen LogP contribution in [-0.4, -0.2) is 36.6 Å². The molecular formula is C14H17BrFNO2. The number of benzene rings is 1. The number of carbonyl (C=O) groups is 1. The molecule has 1 aliphatic heterocycles. The Hall–Kier alpha value is -0.940. The van der Waals surface area contributed by atoms with Crippen molar-refractivity contribution in [3.63, 3.8) is 0 Å². The van der Waals surface area contributed by atoms with E-state index in [0.717, 1.165) is 4.47 Å². The predicted octanol–water partition coefficient (Wildman–Crippen LogP) is 2.77. The van der Waals surface area contributed by atoms with E-state index in [1.54, 1.807) is 17.0 Å². The van der Waals surface area contributed by atoms with Gasteiger partial charge in [-0.15, -0.1) is 0 Å². The number of ether oxygens (including phenoxy) is 1. The van der Waals surface area contributed by atoms with Crippen molar-refractivity contribution in [3.8, 4) is 0 Å². The van der Waals surface area contributed by atoms with Crippen LogP contribution >= 0.6 is 15.9 Å². The molecule has 0 N–H and O–H groups in total. The summed E-state index contributed by atoms with van der Waals surface area (Å²) in [6, 6.07) is 4.80. The van der Waals surface area contributed by atoms with Crippen LogP contribution in [0.4, 0.5) is 4.39 Å². The minimum absolute atomic E-state index is 0.0644. The number of nitrogens with zero attached hydrogens (tertiary/aromatic N) is 1. The molecule has 19 heavy (non-hydrogen) atoms. The van der Waals surface area contributed by atoms with Crippen LogP contribution in [0.3, 0.4) is 0 Å². The Balaban J connectivity index is 1.91. The Morgan fingerprint density at radius 1 is 1.58 bits per heavy atom. The van der Waals surface area contributed by atoms with Crippen molar-refractivity contribution in [2.24, 2.45) is 0 Å². The van der Waals surface area contributed by atoms with Crippen LogP contribution in [0, 0.1) is 5.82 Å². The van der Waals surface area contributed by atoms with E-state index in [0.29, 0.717) is 38.1 Å². The third-order valence-corrected chi connectivity index (χ3v) is 3.70. The van der Waals surface area contributed by atoms with Gasteiger partial charge in [-0.25, -0.2) is 4.39 Å². The van der Waals surface area contributed by atoms with Crippen molar-refractivity contribution >= 4 is 21.8 Å². The molecule has 0 bridgehead atoms. The average Bonchev–Trinajstić information content (AvgIpc) is 2.39. The van der Waals surface area contributed by atoms with Gasteiger partial charge >= 0.3 is 0 Å². The molecule has 1 atom stereocenters. The zero-order chi connectivity index (χ0) is 13.8. The van der Waals surface area contributed by atoms with Gasteiger partial charge in [0.15, 0.2) is 0 Å². The van der Waals surface area contributed by atoms with Gasteiger partial charge in [-0.1, -0.05) is 15.9 Å². The number of morpholine rings is 1. The summed E-state index contributed by atoms with van der Waals surface area (Å²) in [5, 5.41) is 0. The highest BCUT2D eigenvalue weighted by Gasteiger charge is 2.21. The second kappa shape index (κ2) is 6.48. The van der Waals surface area contributed by atoms with Crippen LogP contribution < -0.4 is 0 Å². The van der Waals surface area contributed by atoms with Crippen molar-refractivity contribution in [1.29, 1.82) is 0 Å². The number of hydrogen-bond acceptors (Lipinski definition) is 2. The summed E-state index contributed by atoms with van der Waals surface area (Å²) in [7, 11) is 0. The van der Waals surface area contributed by atoms with Gasteiger partial charge in [0.1, 0.15) is 5.82 Å². The maximum atomic E-state index is 13.6. The minimum Gasteiger partial charge on any atom is -0.375 e. The lowest BCUT2D eigenvalue weighted by Crippen LogP contribution is -2.44. The van der Waals surface area contributed by atoms with Crippen LogP contribution in [0.2, 0.25) is 0 Å². The third-order valence-electron chi connectivity index (χ3n) is 3.21. The highest BCUT2D eigenvalue weighted by Crippen LogP contribution is 2.17. The molecule has 1 heterocycles. The second-order valence-corrected chi connectivity index (χ2v) is 5.67. The van der Waals surface area contributed by atoms with Crippen LogP contribution in [0.15, 0.2) is 22.7 Å². The smallest absolute Gasteiger partial charge is 0.223 e. The Morgan fingerprint density at radius 2 is 2.37 bits per heavy atom. The molecule has 0 aliphatic carbocycles. The standard InChI is InChI=1S/C14H17BrFNO2/c1-10-9-17(6-7-19-10)14(18)5-2-11-8-12(15)3-4-13(11)16/h3-4,8,10H,2,5-7,9H2,1H3/t10-/m1/s1. The van der Waals surface area contributed by atoms with Gasteiger partial charge in [-0.3, -0.25) is 4.79 Å². The van der Waals surface area contributed by atoms with Gasteiger partial charge in [0, 0.05) is 24.0 Å². The molecule has 1 aromatic rings. The first-order valence-corrected chi connectivity index (χ1v) is 7.19. The number of amides is 1. The molecule has 1 aromatic carbocycles. The molecule has 0 unspecified atom stereocenters. The minimum atomic E-state index is -0.258. The molecule has 1 saturated heterocycles. The highest BCUT2D eigenvalue weighted by molar-refractivity contribution is 9.10. The molecule has 3 nitrogen and oxygen atoms in total. The van der Waals surface area contributed by atoms with Gasteiger partial charge in [0.2, 0.25) is 5.91 Å². The van der Waals surface area contributed by atoms with Crippen molar-refractivity contribution < 1.29 is 13.9 Å². The molecule has 104 valence electrons. The summed E-state index contributed by atoms with van der Waals surface area (Å²) in [5.41, 5.74) is 0.573. The maximum absolute atomic E-state index is 13.6. The highest BCUT2D eigenvalue weighted by atomic mass is 79.9. The van der Waals surface area contributed by atoms with E-state index in [4.69, 9.17) is 4.74 Å². The van der Waals surface area contributed by atoms with Crippen molar-refractivity contribution in [2.45, 2.75) is 25.9 Å². The monoisotopic (exact) mass is 329 g/mol. The largest absolute Gasteiger partial charge is 0.375 e. The predicted molar refractivity (Wildman–Crippen MR) is 74.4 cm³/mol. The third kappa shape index (κ3) is 4.01. The van der Waals surface area contributed by atoms with E-state index in [2.05, 4.69) is 15.9 Å². The zero-order valence-electron chi connectivity index (χ0n) is 10.9. The quantitative estimate of drug-likeness (QED) is 0.853. The zero-order valence-corrected chi connectivity index (χ0v) is 12.5. The number of rotatable bonds is 3. The maximum Gasteiger partial charge on any atom is 0.223 e. The molecule has 5 heteroatoms. The first kappa shape index (κ1) is 14.5. The van der Waals surface area contributed by atoms with Crippen LogP contribution in [0.1, 0.15) is 18.9 Å². The van der Waals surface area contributed by atoms with Gasteiger partial charge in [0.25, 0.3) is 0 Å². The van der Waals surface area contributed by atoms with E-state index >= 15 is 0 Å². The number of halogens is 2. The van der Waals surface area contributed by atoms with Gasteiger partial charge in [-0.05, 0) is 37.1 Å². The molecule has 0 spiro atoms. The van der Waals surface area contributed by atoms with Crippen LogP contribution in [0.25, 0.3) is 0 Å². The summed E-state index contributed by atoms with van der Waals surface area (Å²) < 4.78 is 19.8. The van der Waals surface area contributed by atoms with Gasteiger partial charge in [0.05, 0.1) is 12.7 Å². The Labute approximate surface area is 120 Å². The van der Waals surface area contributed by atoms with Gasteiger partial charge in [-0.2, -0.15) is 0 Å². The summed E-state index contributed by atoms with van der Waals surface area (Å²) in [6.07, 6.45) is 0.843. The van der Waals surface area contributed by atoms with E-state index in [1.165, 1.54) is 6.07 Å². The lowest BCUT2D eigenvalue weighted by Gasteiger charge is -2.31. The number of carbonyl (C=O) groups excluding carboxylic acids is 1. The molecular weight excluding hydrogens is 313 g/mol. The number of aryl methyl sites for hydroxylation is 1. The molecule has 1 aliphatic rings. The van der Waals surface area contributed by atoms with Crippen LogP contribution in [-0.2, 0) is 16.0 Å². The Bertz CT molecular complexity index is 467. The van der Waals surface area contributed by atoms with Crippen molar-refractivity contribution in [3.05, 3.63) is 34.1 Å². The molecule has 0 saturated carbocycles. The summed E-state index contributed by atoms with van der Waals surface area (Å²) in [5.74, 6) is -0.194. The van der Waals surface area contributed by atoms with Crippen molar-refractivity contribution in [1.82, 2.24) is 4.90 Å². The van der Waals surface area contributed by atoms with E-state index < -0.39 is 0 Å². The first-order chi connectivity index (χ1) is 9.06. The summed E-state index contributed by atoms with van der Waals surface area (Å²) >= 11 is 3.31. The second-order valence-electron chi connectivity index (χ2n) is 4.76. The molecule has 0 radical (unpaired) electrons. The lowest BCUT2D eigenvalue weighted by molar-refractivity contribution is -0.138. The van der Waals surface area contributed by atoms with E-state index in [-0.39, 0.29) is 17.8 Å². The Kier molecular flexibility index (Phi) is 4.93. The van der Waals surface area contributed by atoms with Crippen molar-refractivity contribution in [2.75, 3.05) is 19.7 Å². The van der Waals surface area contributed by atoms with Gasteiger partial charge < -0.3 is 9.64 Å². The number of hydrogen-bond donors (Lipinski definition) is 0. The van der Waals surface area contributed by atoms with E-state index in [9.17, 15) is 9.18 Å². The molecule has 1 amide bonds. The van der Waals surface area contributed by atoms with E-state index in [1.807, 2.05) is 6.92 Å². The topological polar surface area (TPSA) is 29.5 Å². The fourth-order valence-electron chi connectivity index (χ4n) is 2.18. The molecule has 1 fully saturated rings. The average molecular weight is 330 g/mol. The molecule has 0 aromatic heterocycles. The summed E-state index contributed by atoms with van der Waals surface area (Å²) in [6.45, 7) is 3.79.